The summed E-state index contributed by atoms with van der Waals surface area (Å²) in [5.74, 6) is 3.43. The Labute approximate surface area is 171 Å². The van der Waals surface area contributed by atoms with Crippen molar-refractivity contribution in [2.45, 2.75) is 70.6 Å². The summed E-state index contributed by atoms with van der Waals surface area (Å²) >= 11 is 0. The SMILES string of the molecule is CC(=O)OC1C2CC(C1OC(=O)OC(C)(C)C)C1C3OC(C4C5C=CC(C5)C34)C21. The number of ether oxygens (including phenoxy) is 4. The van der Waals surface area contributed by atoms with Gasteiger partial charge in [0.25, 0.3) is 0 Å². The third-order valence-electron chi connectivity index (χ3n) is 8.48. The van der Waals surface area contributed by atoms with E-state index in [2.05, 4.69) is 12.2 Å². The van der Waals surface area contributed by atoms with Crippen LogP contribution < -0.4 is 0 Å². The number of rotatable bonds is 2. The molecule has 158 valence electrons. The summed E-state index contributed by atoms with van der Waals surface area (Å²) in [5.41, 5.74) is -0.619. The van der Waals surface area contributed by atoms with Crippen LogP contribution in [0.4, 0.5) is 4.79 Å². The summed E-state index contributed by atoms with van der Waals surface area (Å²) in [6, 6.07) is 0. The van der Waals surface area contributed by atoms with Crippen molar-refractivity contribution in [2.75, 3.05) is 0 Å². The van der Waals surface area contributed by atoms with Crippen molar-refractivity contribution in [3.63, 3.8) is 0 Å². The highest BCUT2D eigenvalue weighted by Gasteiger charge is 2.75. The largest absolute Gasteiger partial charge is 0.509 e. The third kappa shape index (κ3) is 2.44. The summed E-state index contributed by atoms with van der Waals surface area (Å²) in [6.45, 7) is 6.89. The molecule has 5 fully saturated rings. The highest BCUT2D eigenvalue weighted by atomic mass is 16.7. The Hall–Kier alpha value is -1.56. The number of esters is 1. The van der Waals surface area contributed by atoms with Crippen molar-refractivity contribution in [3.8, 4) is 0 Å². The van der Waals surface area contributed by atoms with Gasteiger partial charge < -0.3 is 18.9 Å². The lowest BCUT2D eigenvalue weighted by Gasteiger charge is -2.44. The number of carbonyl (C=O) groups excluding carboxylic acids is 2. The molecule has 0 aromatic rings. The molecule has 0 aromatic carbocycles. The molecule has 2 heterocycles. The zero-order valence-electron chi connectivity index (χ0n) is 17.4. The van der Waals surface area contributed by atoms with E-state index in [1.165, 1.54) is 13.3 Å². The second kappa shape index (κ2) is 5.77. The Balaban J connectivity index is 1.28. The number of hydrogen-bond donors (Lipinski definition) is 0. The van der Waals surface area contributed by atoms with E-state index < -0.39 is 17.9 Å². The maximum absolute atomic E-state index is 12.4. The molecule has 12 atom stereocenters. The molecule has 2 aliphatic heterocycles. The van der Waals surface area contributed by atoms with Gasteiger partial charge in [-0.25, -0.2) is 4.79 Å². The number of hydrogen-bond acceptors (Lipinski definition) is 6. The Kier molecular flexibility index (Phi) is 3.63. The Morgan fingerprint density at radius 2 is 1.41 bits per heavy atom. The molecule has 0 N–H and O–H groups in total. The van der Waals surface area contributed by atoms with Crippen molar-refractivity contribution in [1.29, 1.82) is 0 Å². The molecule has 0 radical (unpaired) electrons. The summed E-state index contributed by atoms with van der Waals surface area (Å²) in [6.07, 6.45) is 6.04. The maximum atomic E-state index is 12.4. The van der Waals surface area contributed by atoms with Crippen molar-refractivity contribution >= 4 is 12.1 Å². The lowest BCUT2D eigenvalue weighted by atomic mass is 9.60. The van der Waals surface area contributed by atoms with E-state index in [1.807, 2.05) is 20.8 Å². The first-order valence-electron chi connectivity index (χ1n) is 11.1. The molecule has 6 aliphatic rings. The first kappa shape index (κ1) is 18.2. The molecular formula is C23H30O6. The van der Waals surface area contributed by atoms with E-state index in [1.54, 1.807) is 0 Å². The Bertz CT molecular complexity index is 783. The van der Waals surface area contributed by atoms with Crippen LogP contribution in [0, 0.1) is 47.3 Å². The maximum Gasteiger partial charge on any atom is 0.509 e. The predicted molar refractivity (Wildman–Crippen MR) is 102 cm³/mol. The van der Waals surface area contributed by atoms with Crippen molar-refractivity contribution in [3.05, 3.63) is 12.2 Å². The lowest BCUT2D eigenvalue weighted by molar-refractivity contribution is -0.165. The van der Waals surface area contributed by atoms with Crippen LogP contribution >= 0.6 is 0 Å². The standard InChI is InChI=1S/C23H30O6/c1-9(24)26-18-12-8-13(19(18)28-22(25)29-23(2,3)4)17-16(12)20-14-10-5-6-11(7-10)15(14)21(17)27-20/h5-6,10-21H,7-8H2,1-4H3. The van der Waals surface area contributed by atoms with Crippen molar-refractivity contribution in [1.82, 2.24) is 0 Å². The highest BCUT2D eigenvalue weighted by Crippen LogP contribution is 2.71. The van der Waals surface area contributed by atoms with E-state index in [-0.39, 0.29) is 36.1 Å². The topological polar surface area (TPSA) is 71.1 Å². The van der Waals surface area contributed by atoms with E-state index in [0.29, 0.717) is 35.5 Å². The van der Waals surface area contributed by atoms with E-state index in [0.717, 1.165) is 6.42 Å². The molecule has 0 spiro atoms. The average Bonchev–Trinajstić information content (AvgIpc) is 3.40. The molecule has 6 heteroatoms. The molecule has 3 saturated carbocycles. The minimum Gasteiger partial charge on any atom is -0.458 e. The molecular weight excluding hydrogens is 372 g/mol. The predicted octanol–water partition coefficient (Wildman–Crippen LogP) is 3.34. The van der Waals surface area contributed by atoms with Gasteiger partial charge in [-0.15, -0.1) is 0 Å². The molecule has 6 nitrogen and oxygen atoms in total. The first-order chi connectivity index (χ1) is 13.7. The average molecular weight is 402 g/mol. The van der Waals surface area contributed by atoms with Gasteiger partial charge in [0.1, 0.15) is 17.8 Å². The van der Waals surface area contributed by atoms with Gasteiger partial charge in [0.15, 0.2) is 0 Å². The molecule has 6 rings (SSSR count). The quantitative estimate of drug-likeness (QED) is 0.521. The molecule has 0 amide bonds. The molecule has 6 bridgehead atoms. The fourth-order valence-corrected chi connectivity index (χ4v) is 8.09. The number of carbonyl (C=O) groups is 2. The van der Waals surface area contributed by atoms with Crippen molar-refractivity contribution in [2.24, 2.45) is 47.3 Å². The van der Waals surface area contributed by atoms with Crippen LogP contribution in [-0.4, -0.2) is 42.1 Å². The monoisotopic (exact) mass is 402 g/mol. The molecule has 12 unspecified atom stereocenters. The molecule has 2 saturated heterocycles. The zero-order chi connectivity index (χ0) is 20.2. The van der Waals surface area contributed by atoms with Gasteiger partial charge >= 0.3 is 12.1 Å². The van der Waals surface area contributed by atoms with Crippen LogP contribution in [0.15, 0.2) is 12.2 Å². The van der Waals surface area contributed by atoms with Crippen LogP contribution in [-0.2, 0) is 23.7 Å². The normalized spacial score (nSPS) is 52.6. The zero-order valence-corrected chi connectivity index (χ0v) is 17.4. The minimum atomic E-state index is -0.673. The summed E-state index contributed by atoms with van der Waals surface area (Å²) < 4.78 is 23.6. The third-order valence-corrected chi connectivity index (χ3v) is 8.48. The van der Waals surface area contributed by atoms with E-state index in [4.69, 9.17) is 18.9 Å². The molecule has 0 aromatic heterocycles. The molecule has 29 heavy (non-hydrogen) atoms. The number of fused-ring (bicyclic) bond motifs is 16. The fourth-order valence-electron chi connectivity index (χ4n) is 8.09. The van der Waals surface area contributed by atoms with Gasteiger partial charge in [-0.1, -0.05) is 12.2 Å². The lowest BCUT2D eigenvalue weighted by Crippen LogP contribution is -2.53. The Morgan fingerprint density at radius 3 is 1.93 bits per heavy atom. The van der Waals surface area contributed by atoms with Gasteiger partial charge in [-0.3, -0.25) is 4.79 Å². The summed E-state index contributed by atoms with van der Waals surface area (Å²) in [7, 11) is 0. The highest BCUT2D eigenvalue weighted by molar-refractivity contribution is 5.66. The van der Waals surface area contributed by atoms with Crippen LogP contribution in [0.25, 0.3) is 0 Å². The van der Waals surface area contributed by atoms with E-state index >= 15 is 0 Å². The van der Waals surface area contributed by atoms with Gasteiger partial charge in [0.05, 0.1) is 12.2 Å². The van der Waals surface area contributed by atoms with E-state index in [9.17, 15) is 9.59 Å². The first-order valence-corrected chi connectivity index (χ1v) is 11.1. The summed E-state index contributed by atoms with van der Waals surface area (Å²) in [5, 5.41) is 0. The second-order valence-corrected chi connectivity index (χ2v) is 11.0. The smallest absolute Gasteiger partial charge is 0.458 e. The Morgan fingerprint density at radius 1 is 0.862 bits per heavy atom. The molecule has 4 aliphatic carbocycles. The minimum absolute atomic E-state index is 0.181. The van der Waals surface area contributed by atoms with Crippen LogP contribution in [0.5, 0.6) is 0 Å². The van der Waals surface area contributed by atoms with Crippen LogP contribution in [0.3, 0.4) is 0 Å². The van der Waals surface area contributed by atoms with Crippen molar-refractivity contribution < 1.29 is 28.5 Å². The van der Waals surface area contributed by atoms with Crippen LogP contribution in [0.2, 0.25) is 0 Å². The van der Waals surface area contributed by atoms with Crippen LogP contribution in [0.1, 0.15) is 40.5 Å². The van der Waals surface area contributed by atoms with Gasteiger partial charge in [-0.2, -0.15) is 0 Å². The summed E-state index contributed by atoms with van der Waals surface area (Å²) in [4.78, 5) is 24.3. The number of allylic oxidation sites excluding steroid dienone is 2. The van der Waals surface area contributed by atoms with Gasteiger partial charge in [0.2, 0.25) is 0 Å². The second-order valence-electron chi connectivity index (χ2n) is 11.0. The van der Waals surface area contributed by atoms with Gasteiger partial charge in [0, 0.05) is 18.8 Å². The van der Waals surface area contributed by atoms with Gasteiger partial charge in [-0.05, 0) is 69.1 Å². The fraction of sp³-hybridized carbons (Fsp3) is 0.826.